The SMILES string of the molecule is COc1cc(OCC(=O)NC2(C)CCCCC2C(=O)O)ccc1[N+](=O)[O-]. The van der Waals surface area contributed by atoms with Crippen molar-refractivity contribution in [3.05, 3.63) is 28.3 Å². The fourth-order valence-electron chi connectivity index (χ4n) is 3.28. The molecule has 1 aliphatic carbocycles. The van der Waals surface area contributed by atoms with Gasteiger partial charge in [-0.2, -0.15) is 0 Å². The Morgan fingerprint density at radius 3 is 2.77 bits per heavy atom. The van der Waals surface area contributed by atoms with Gasteiger partial charge in [0.1, 0.15) is 5.75 Å². The van der Waals surface area contributed by atoms with Crippen LogP contribution in [-0.4, -0.2) is 41.2 Å². The highest BCUT2D eigenvalue weighted by Crippen LogP contribution is 2.34. The zero-order valence-electron chi connectivity index (χ0n) is 14.7. The number of nitrogens with one attached hydrogen (secondary N) is 1. The first-order chi connectivity index (χ1) is 12.3. The van der Waals surface area contributed by atoms with E-state index in [0.717, 1.165) is 12.8 Å². The molecule has 0 saturated heterocycles. The van der Waals surface area contributed by atoms with E-state index in [1.807, 2.05) is 0 Å². The Labute approximate surface area is 150 Å². The Hall–Kier alpha value is -2.84. The molecule has 2 atom stereocenters. The maximum atomic E-state index is 12.2. The highest BCUT2D eigenvalue weighted by Gasteiger charge is 2.42. The minimum absolute atomic E-state index is 0.0260. The van der Waals surface area contributed by atoms with Crippen LogP contribution in [0.15, 0.2) is 18.2 Å². The monoisotopic (exact) mass is 366 g/mol. The molecule has 1 saturated carbocycles. The van der Waals surface area contributed by atoms with E-state index in [4.69, 9.17) is 9.47 Å². The highest BCUT2D eigenvalue weighted by molar-refractivity contribution is 5.80. The highest BCUT2D eigenvalue weighted by atomic mass is 16.6. The number of rotatable bonds is 7. The molecule has 0 spiro atoms. The smallest absolute Gasteiger partial charge is 0.311 e. The first-order valence-electron chi connectivity index (χ1n) is 8.26. The zero-order chi connectivity index (χ0) is 19.3. The number of aliphatic carboxylic acids is 1. The molecule has 0 aliphatic heterocycles. The number of carbonyl (C=O) groups excluding carboxylic acids is 1. The predicted octanol–water partition coefficient (Wildman–Crippen LogP) is 2.13. The first kappa shape index (κ1) is 19.5. The van der Waals surface area contributed by atoms with Gasteiger partial charge in [-0.15, -0.1) is 0 Å². The van der Waals surface area contributed by atoms with Crippen LogP contribution in [0.3, 0.4) is 0 Å². The lowest BCUT2D eigenvalue weighted by molar-refractivity contribution is -0.385. The molecule has 0 heterocycles. The molecular weight excluding hydrogens is 344 g/mol. The molecule has 0 aromatic heterocycles. The average molecular weight is 366 g/mol. The van der Waals surface area contributed by atoms with Crippen molar-refractivity contribution >= 4 is 17.6 Å². The second-order valence-electron chi connectivity index (χ2n) is 6.48. The molecule has 0 radical (unpaired) electrons. The van der Waals surface area contributed by atoms with E-state index in [2.05, 4.69) is 5.32 Å². The Morgan fingerprint density at radius 1 is 1.42 bits per heavy atom. The molecule has 2 rings (SSSR count). The van der Waals surface area contributed by atoms with Crippen molar-refractivity contribution in [3.63, 3.8) is 0 Å². The number of hydrogen-bond acceptors (Lipinski definition) is 6. The van der Waals surface area contributed by atoms with E-state index in [1.54, 1.807) is 6.92 Å². The van der Waals surface area contributed by atoms with Crippen molar-refractivity contribution in [3.8, 4) is 11.5 Å². The average Bonchev–Trinajstić information content (AvgIpc) is 2.59. The van der Waals surface area contributed by atoms with Crippen molar-refractivity contribution in [2.75, 3.05) is 13.7 Å². The van der Waals surface area contributed by atoms with Crippen LogP contribution in [0, 0.1) is 16.0 Å². The number of carboxylic acids is 1. The Kier molecular flexibility index (Phi) is 6.01. The third kappa shape index (κ3) is 4.41. The molecule has 1 aromatic rings. The largest absolute Gasteiger partial charge is 0.490 e. The third-order valence-corrected chi connectivity index (χ3v) is 4.65. The number of amides is 1. The summed E-state index contributed by atoms with van der Waals surface area (Å²) in [5.41, 5.74) is -1.03. The summed E-state index contributed by atoms with van der Waals surface area (Å²) < 4.78 is 10.3. The standard InChI is InChI=1S/C17H22N2O7/c1-17(8-4-3-5-12(17)16(21)22)18-15(20)10-26-11-6-7-13(19(23)24)14(9-11)25-2/h6-7,9,12H,3-5,8,10H2,1-2H3,(H,18,20)(H,21,22). The minimum Gasteiger partial charge on any atom is -0.490 e. The van der Waals surface area contributed by atoms with E-state index >= 15 is 0 Å². The summed E-state index contributed by atoms with van der Waals surface area (Å²) in [6.07, 6.45) is 2.77. The molecule has 2 unspecified atom stereocenters. The lowest BCUT2D eigenvalue weighted by Gasteiger charge is -2.39. The van der Waals surface area contributed by atoms with Crippen molar-refractivity contribution in [2.45, 2.75) is 38.1 Å². The van der Waals surface area contributed by atoms with E-state index in [1.165, 1.54) is 25.3 Å². The number of ether oxygens (including phenoxy) is 2. The zero-order valence-corrected chi connectivity index (χ0v) is 14.7. The van der Waals surface area contributed by atoms with Gasteiger partial charge in [0.05, 0.1) is 23.5 Å². The normalized spacial score (nSPS) is 22.3. The third-order valence-electron chi connectivity index (χ3n) is 4.65. The van der Waals surface area contributed by atoms with E-state index in [-0.39, 0.29) is 23.8 Å². The molecule has 9 nitrogen and oxygen atoms in total. The number of hydrogen-bond donors (Lipinski definition) is 2. The van der Waals surface area contributed by atoms with E-state index in [9.17, 15) is 24.8 Å². The molecule has 1 fully saturated rings. The molecule has 2 N–H and O–H groups in total. The van der Waals surface area contributed by atoms with Gasteiger partial charge in [0.25, 0.3) is 5.91 Å². The van der Waals surface area contributed by atoms with Gasteiger partial charge in [0, 0.05) is 12.1 Å². The number of methoxy groups -OCH3 is 1. The Balaban J connectivity index is 2.00. The first-order valence-corrected chi connectivity index (χ1v) is 8.26. The van der Waals surface area contributed by atoms with Gasteiger partial charge in [-0.25, -0.2) is 0 Å². The van der Waals surface area contributed by atoms with Gasteiger partial charge in [0.15, 0.2) is 6.61 Å². The number of carbonyl (C=O) groups is 2. The van der Waals surface area contributed by atoms with Crippen LogP contribution in [0.1, 0.15) is 32.6 Å². The van der Waals surface area contributed by atoms with Gasteiger partial charge in [0.2, 0.25) is 5.75 Å². The van der Waals surface area contributed by atoms with Crippen LogP contribution in [0.5, 0.6) is 11.5 Å². The molecule has 26 heavy (non-hydrogen) atoms. The van der Waals surface area contributed by atoms with Gasteiger partial charge < -0.3 is 19.9 Å². The van der Waals surface area contributed by atoms with E-state index < -0.39 is 28.3 Å². The fourth-order valence-corrected chi connectivity index (χ4v) is 3.28. The van der Waals surface area contributed by atoms with Crippen LogP contribution >= 0.6 is 0 Å². The molecular formula is C17H22N2O7. The molecule has 142 valence electrons. The summed E-state index contributed by atoms with van der Waals surface area (Å²) in [7, 11) is 1.30. The van der Waals surface area contributed by atoms with Crippen LogP contribution in [0.2, 0.25) is 0 Å². The number of carboxylic acid groups (broad SMARTS) is 1. The van der Waals surface area contributed by atoms with Crippen LogP contribution < -0.4 is 14.8 Å². The Morgan fingerprint density at radius 2 is 2.15 bits per heavy atom. The van der Waals surface area contributed by atoms with Crippen molar-refractivity contribution < 1.29 is 29.1 Å². The maximum Gasteiger partial charge on any atom is 0.311 e. The van der Waals surface area contributed by atoms with Crippen LogP contribution in [-0.2, 0) is 9.59 Å². The molecule has 1 aromatic carbocycles. The summed E-state index contributed by atoms with van der Waals surface area (Å²) in [4.78, 5) is 34.0. The summed E-state index contributed by atoms with van der Waals surface area (Å²) >= 11 is 0. The molecule has 9 heteroatoms. The topological polar surface area (TPSA) is 128 Å². The van der Waals surface area contributed by atoms with Gasteiger partial charge in [-0.05, 0) is 25.8 Å². The second kappa shape index (κ2) is 8.03. The van der Waals surface area contributed by atoms with Crippen molar-refractivity contribution in [2.24, 2.45) is 5.92 Å². The number of nitro benzene ring substituents is 1. The summed E-state index contributed by atoms with van der Waals surface area (Å²) in [6.45, 7) is 1.40. The molecule has 1 aliphatic rings. The van der Waals surface area contributed by atoms with Crippen LogP contribution in [0.4, 0.5) is 5.69 Å². The van der Waals surface area contributed by atoms with Gasteiger partial charge in [-0.3, -0.25) is 19.7 Å². The second-order valence-corrected chi connectivity index (χ2v) is 6.48. The number of nitrogens with zero attached hydrogens (tertiary/aromatic N) is 1. The molecule has 0 bridgehead atoms. The van der Waals surface area contributed by atoms with Gasteiger partial charge in [-0.1, -0.05) is 12.8 Å². The Bertz CT molecular complexity index is 706. The fraction of sp³-hybridized carbons (Fsp3) is 0.529. The summed E-state index contributed by atoms with van der Waals surface area (Å²) in [5.74, 6) is -1.74. The van der Waals surface area contributed by atoms with Gasteiger partial charge >= 0.3 is 11.7 Å². The predicted molar refractivity (Wildman–Crippen MR) is 91.3 cm³/mol. The lowest BCUT2D eigenvalue weighted by atomic mass is 9.74. The van der Waals surface area contributed by atoms with Crippen LogP contribution in [0.25, 0.3) is 0 Å². The van der Waals surface area contributed by atoms with E-state index in [0.29, 0.717) is 12.8 Å². The summed E-state index contributed by atoms with van der Waals surface area (Å²) in [5, 5.41) is 23.0. The minimum atomic E-state index is -0.923. The number of nitro groups is 1. The molecule has 1 amide bonds. The quantitative estimate of drug-likeness (QED) is 0.559. The van der Waals surface area contributed by atoms with Crippen molar-refractivity contribution in [1.29, 1.82) is 0 Å². The maximum absolute atomic E-state index is 12.2. The van der Waals surface area contributed by atoms with Crippen molar-refractivity contribution in [1.82, 2.24) is 5.32 Å². The lowest BCUT2D eigenvalue weighted by Crippen LogP contribution is -2.56. The summed E-state index contributed by atoms with van der Waals surface area (Å²) in [6, 6.07) is 3.93. The number of benzene rings is 1.